The average molecular weight is 802 g/mol. The van der Waals surface area contributed by atoms with Crippen LogP contribution in [0.3, 0.4) is 0 Å². The molecule has 5 atom stereocenters. The van der Waals surface area contributed by atoms with Crippen LogP contribution in [0, 0.1) is 12.3 Å². The Labute approximate surface area is 339 Å². The number of likely N-dealkylation sites (tertiary alicyclic amines) is 2. The second-order valence-electron chi connectivity index (χ2n) is 15.9. The third-order valence-corrected chi connectivity index (χ3v) is 11.5. The van der Waals surface area contributed by atoms with E-state index in [1.165, 1.54) is 34.1 Å². The summed E-state index contributed by atoms with van der Waals surface area (Å²) in [5, 5.41) is 10.3. The summed E-state index contributed by atoms with van der Waals surface area (Å²) in [7, 11) is 0. The molecule has 14 heteroatoms. The third kappa shape index (κ3) is 10.3. The van der Waals surface area contributed by atoms with Gasteiger partial charge in [-0.2, -0.15) is 0 Å². The highest BCUT2D eigenvalue weighted by atomic mass is 16.7. The molecule has 0 aliphatic carbocycles. The Hall–Kier alpha value is -5.21. The number of fused-ring (bicyclic) bond motifs is 1. The highest BCUT2D eigenvalue weighted by Crippen LogP contribution is 2.41. The van der Waals surface area contributed by atoms with Crippen LogP contribution in [0.25, 0.3) is 17.0 Å². The van der Waals surface area contributed by atoms with Gasteiger partial charge >= 0.3 is 30.0 Å². The minimum Gasteiger partial charge on any atom is -0.465 e. The first kappa shape index (κ1) is 42.4. The van der Waals surface area contributed by atoms with Crippen LogP contribution in [0.5, 0.6) is 0 Å². The molecule has 4 heterocycles. The number of aromatic nitrogens is 1. The predicted molar refractivity (Wildman–Crippen MR) is 214 cm³/mol. The van der Waals surface area contributed by atoms with Crippen molar-refractivity contribution >= 4 is 46.9 Å². The van der Waals surface area contributed by atoms with Gasteiger partial charge in [0.15, 0.2) is 24.5 Å². The molecule has 3 fully saturated rings. The summed E-state index contributed by atoms with van der Waals surface area (Å²) in [6, 6.07) is 14.3. The van der Waals surface area contributed by atoms with E-state index in [0.29, 0.717) is 19.5 Å². The van der Waals surface area contributed by atoms with Crippen LogP contribution in [0.1, 0.15) is 88.3 Å². The normalized spacial score (nSPS) is 23.5. The molecule has 0 bridgehead atoms. The van der Waals surface area contributed by atoms with Crippen LogP contribution < -0.4 is 0 Å². The topological polar surface area (TPSA) is 163 Å². The number of hydrogen-bond donors (Lipinski definition) is 1. The molecule has 0 unspecified atom stereocenters. The quantitative estimate of drug-likeness (QED) is 0.167. The largest absolute Gasteiger partial charge is 0.465 e. The lowest BCUT2D eigenvalue weighted by atomic mass is 9.72. The maximum Gasteiger partial charge on any atom is 0.407 e. The number of rotatable bonds is 12. The summed E-state index contributed by atoms with van der Waals surface area (Å²) in [5.41, 5.74) is 5.18. The van der Waals surface area contributed by atoms with Crippen molar-refractivity contribution in [3.8, 4) is 0 Å². The third-order valence-electron chi connectivity index (χ3n) is 11.5. The summed E-state index contributed by atoms with van der Waals surface area (Å²) in [6.45, 7) is 10.9. The van der Waals surface area contributed by atoms with Crippen molar-refractivity contribution < 1.29 is 52.8 Å². The van der Waals surface area contributed by atoms with Gasteiger partial charge in [0.2, 0.25) is 0 Å². The first-order valence-electron chi connectivity index (χ1n) is 20.1. The Morgan fingerprint density at radius 3 is 2.17 bits per heavy atom. The number of aryl methyl sites for hydroxylation is 1. The first-order chi connectivity index (χ1) is 27.7. The standard InChI is InChI=1S/C44H55N3O11/c1-28-10-8-12-36-38(28)35(25-47(36)42-41(57-32(5)51)40(56-31(4)50)39(55-30(3)49)37(58-42)26-54-29(2)48)24-34-15-13-33(14-16-34)11-6-7-20-45-21-9-17-44(27-45)18-22-46(23-19-44)43(52)53/h6,8,10-16,25,37,39-42H,7,9,17-24,26-27H2,1-5H3,(H,52,53)/b11-6+/t37-,39-,40+,41-,42-/m1/s1. The van der Waals surface area contributed by atoms with Crippen molar-refractivity contribution in [1.82, 2.24) is 14.4 Å². The van der Waals surface area contributed by atoms with Gasteiger partial charge in [0, 0.05) is 65.5 Å². The zero-order chi connectivity index (χ0) is 41.6. The number of nitrogens with zero attached hydrogens (tertiary/aromatic N) is 3. The van der Waals surface area contributed by atoms with Gasteiger partial charge in [-0.15, -0.1) is 0 Å². The molecule has 1 aromatic heterocycles. The minimum absolute atomic E-state index is 0.232. The number of esters is 4. The molecular weight excluding hydrogens is 746 g/mol. The lowest BCUT2D eigenvalue weighted by Gasteiger charge is -2.47. The summed E-state index contributed by atoms with van der Waals surface area (Å²) in [5.74, 6) is -2.62. The SMILES string of the molecule is CC(=O)OC[C@H]1O[C@@H](n2cc(Cc3ccc(/C=C/CCN4CCCC5(CCN(C(=O)O)CC5)C4)cc3)c3c(C)cccc32)[C@H](OC(C)=O)[C@@H](OC(C)=O)[C@@H]1OC(C)=O. The van der Waals surface area contributed by atoms with Crippen LogP contribution in [0.4, 0.5) is 4.79 Å². The molecule has 1 spiro atoms. The number of piperidine rings is 2. The zero-order valence-corrected chi connectivity index (χ0v) is 34.0. The van der Waals surface area contributed by atoms with Crippen molar-refractivity contribution in [2.24, 2.45) is 5.41 Å². The van der Waals surface area contributed by atoms with Crippen molar-refractivity contribution in [1.29, 1.82) is 0 Å². The van der Waals surface area contributed by atoms with Gasteiger partial charge in [0.05, 0.1) is 5.52 Å². The Morgan fingerprint density at radius 2 is 1.52 bits per heavy atom. The molecule has 6 rings (SSSR count). The zero-order valence-electron chi connectivity index (χ0n) is 34.0. The van der Waals surface area contributed by atoms with E-state index in [1.807, 2.05) is 35.9 Å². The number of hydrogen-bond acceptors (Lipinski definition) is 11. The fraction of sp³-hybridized carbons (Fsp3) is 0.523. The van der Waals surface area contributed by atoms with Crippen molar-refractivity contribution in [3.05, 3.63) is 77.0 Å². The van der Waals surface area contributed by atoms with E-state index in [1.54, 1.807) is 4.90 Å². The van der Waals surface area contributed by atoms with E-state index < -0.39 is 60.6 Å². The lowest BCUT2D eigenvalue weighted by molar-refractivity contribution is -0.267. The molecule has 312 valence electrons. The Balaban J connectivity index is 1.19. The molecular formula is C44H55N3O11. The first-order valence-corrected chi connectivity index (χ1v) is 20.1. The smallest absolute Gasteiger partial charge is 0.407 e. The summed E-state index contributed by atoms with van der Waals surface area (Å²) in [4.78, 5) is 64.6. The second kappa shape index (κ2) is 18.6. The highest BCUT2D eigenvalue weighted by molar-refractivity contribution is 5.87. The van der Waals surface area contributed by atoms with Crippen LogP contribution in [0.2, 0.25) is 0 Å². The van der Waals surface area contributed by atoms with Gasteiger partial charge in [0.25, 0.3) is 0 Å². The van der Waals surface area contributed by atoms with E-state index in [4.69, 9.17) is 23.7 Å². The number of amides is 1. The Kier molecular flexibility index (Phi) is 13.6. The van der Waals surface area contributed by atoms with Gasteiger partial charge in [-0.05, 0) is 85.7 Å². The molecule has 1 N–H and O–H groups in total. The molecule has 0 radical (unpaired) electrons. The number of carbonyl (C=O) groups excluding carboxylic acids is 4. The van der Waals surface area contributed by atoms with Crippen molar-refractivity contribution in [3.63, 3.8) is 0 Å². The Morgan fingerprint density at radius 1 is 0.845 bits per heavy atom. The summed E-state index contributed by atoms with van der Waals surface area (Å²) >= 11 is 0. The van der Waals surface area contributed by atoms with Gasteiger partial charge in [0.1, 0.15) is 12.7 Å². The molecule has 1 amide bonds. The molecule has 3 saturated heterocycles. The van der Waals surface area contributed by atoms with E-state index in [-0.39, 0.29) is 12.0 Å². The minimum atomic E-state index is -1.28. The second-order valence-corrected chi connectivity index (χ2v) is 15.9. The monoisotopic (exact) mass is 801 g/mol. The maximum atomic E-state index is 12.5. The van der Waals surface area contributed by atoms with Crippen molar-refractivity contribution in [2.45, 2.75) is 104 Å². The summed E-state index contributed by atoms with van der Waals surface area (Å²) < 4.78 is 30.7. The number of carbonyl (C=O) groups is 5. The maximum absolute atomic E-state index is 12.5. The molecule has 3 aromatic rings. The lowest BCUT2D eigenvalue weighted by Crippen LogP contribution is -2.60. The molecule has 14 nitrogen and oxygen atoms in total. The van der Waals surface area contributed by atoms with E-state index in [2.05, 4.69) is 41.3 Å². The van der Waals surface area contributed by atoms with Crippen LogP contribution >= 0.6 is 0 Å². The van der Waals surface area contributed by atoms with Gasteiger partial charge in [-0.3, -0.25) is 19.2 Å². The van der Waals surface area contributed by atoms with Crippen LogP contribution in [-0.4, -0.2) is 113 Å². The average Bonchev–Trinajstić information content (AvgIpc) is 3.53. The van der Waals surface area contributed by atoms with Gasteiger partial charge in [-0.1, -0.05) is 48.6 Å². The van der Waals surface area contributed by atoms with Crippen LogP contribution in [-0.2, 0) is 49.3 Å². The van der Waals surface area contributed by atoms with Gasteiger partial charge < -0.3 is 43.2 Å². The molecule has 2 aromatic carbocycles. The van der Waals surface area contributed by atoms with E-state index in [9.17, 15) is 29.1 Å². The highest BCUT2D eigenvalue weighted by Gasteiger charge is 2.53. The molecule has 0 saturated carbocycles. The van der Waals surface area contributed by atoms with Gasteiger partial charge in [-0.25, -0.2) is 4.79 Å². The molecule has 58 heavy (non-hydrogen) atoms. The van der Waals surface area contributed by atoms with E-state index >= 15 is 0 Å². The summed E-state index contributed by atoms with van der Waals surface area (Å²) in [6.07, 6.45) is 5.30. The van der Waals surface area contributed by atoms with Crippen molar-refractivity contribution in [2.75, 3.05) is 39.3 Å². The number of benzene rings is 2. The number of carboxylic acid groups (broad SMARTS) is 1. The molecule has 3 aliphatic heterocycles. The fourth-order valence-corrected chi connectivity index (χ4v) is 8.89. The van der Waals surface area contributed by atoms with Crippen LogP contribution in [0.15, 0.2) is 54.7 Å². The molecule has 3 aliphatic rings. The van der Waals surface area contributed by atoms with E-state index in [0.717, 1.165) is 78.5 Å². The number of ether oxygens (including phenoxy) is 5. The fourth-order valence-electron chi connectivity index (χ4n) is 8.89. The Bertz CT molecular complexity index is 2000. The predicted octanol–water partition coefficient (Wildman–Crippen LogP) is 6.06.